The third-order valence-corrected chi connectivity index (χ3v) is 3.33. The summed E-state index contributed by atoms with van der Waals surface area (Å²) in [5, 5.41) is 4.26. The maximum absolute atomic E-state index is 11.9. The van der Waals surface area contributed by atoms with E-state index in [0.717, 1.165) is 0 Å². The fraction of sp³-hybridized carbons (Fsp3) is 0.0909. The molecule has 0 unspecified atom stereocenters. The van der Waals surface area contributed by atoms with E-state index in [4.69, 9.17) is 16.0 Å². The highest BCUT2D eigenvalue weighted by atomic mass is 35.5. The number of esters is 1. The third kappa shape index (κ3) is 2.39. The molecule has 0 spiro atoms. The highest BCUT2D eigenvalue weighted by Gasteiger charge is 2.18. The van der Waals surface area contributed by atoms with Gasteiger partial charge in [0.25, 0.3) is 5.91 Å². The first-order chi connectivity index (χ1) is 8.63. The van der Waals surface area contributed by atoms with Gasteiger partial charge in [-0.05, 0) is 29.1 Å². The molecular formula is C11H8ClNO4S. The molecule has 7 heteroatoms. The molecule has 2 aromatic rings. The molecule has 0 saturated heterocycles. The second kappa shape index (κ2) is 5.24. The second-order valence-corrected chi connectivity index (χ2v) is 4.48. The fourth-order valence-corrected chi connectivity index (χ4v) is 2.27. The Morgan fingerprint density at radius 2 is 2.22 bits per heavy atom. The first-order valence-corrected chi connectivity index (χ1v) is 6.09. The standard InChI is InChI=1S/C11H8ClNO4S/c1-16-11(15)8-7(3-5-18-8)13-10(14)6-2-4-17-9(6)12/h2-5H,1H3,(H,13,14). The number of hydrogen-bond donors (Lipinski definition) is 1. The Kier molecular flexibility index (Phi) is 3.69. The van der Waals surface area contributed by atoms with Gasteiger partial charge in [-0.25, -0.2) is 4.79 Å². The molecule has 0 aliphatic rings. The Morgan fingerprint density at radius 3 is 2.83 bits per heavy atom. The average molecular weight is 286 g/mol. The van der Waals surface area contributed by atoms with E-state index in [0.29, 0.717) is 10.6 Å². The van der Waals surface area contributed by atoms with Crippen LogP contribution in [-0.4, -0.2) is 19.0 Å². The van der Waals surface area contributed by atoms with E-state index in [2.05, 4.69) is 10.1 Å². The van der Waals surface area contributed by atoms with Crippen LogP contribution in [0.3, 0.4) is 0 Å². The van der Waals surface area contributed by atoms with E-state index in [1.165, 1.54) is 30.8 Å². The number of thiophene rings is 1. The van der Waals surface area contributed by atoms with Crippen LogP contribution in [0.25, 0.3) is 0 Å². The summed E-state index contributed by atoms with van der Waals surface area (Å²) in [7, 11) is 1.28. The molecule has 5 nitrogen and oxygen atoms in total. The molecule has 0 radical (unpaired) electrons. The van der Waals surface area contributed by atoms with Gasteiger partial charge < -0.3 is 14.5 Å². The average Bonchev–Trinajstić information content (AvgIpc) is 2.97. The predicted octanol–water partition coefficient (Wildman–Crippen LogP) is 3.03. The molecule has 2 rings (SSSR count). The molecule has 0 bridgehead atoms. The lowest BCUT2D eigenvalue weighted by Crippen LogP contribution is -2.13. The largest absolute Gasteiger partial charge is 0.465 e. The lowest BCUT2D eigenvalue weighted by Gasteiger charge is -2.04. The summed E-state index contributed by atoms with van der Waals surface area (Å²) >= 11 is 6.87. The van der Waals surface area contributed by atoms with Crippen LogP contribution in [0.5, 0.6) is 0 Å². The van der Waals surface area contributed by atoms with E-state index in [-0.39, 0.29) is 10.8 Å². The number of halogens is 1. The number of nitrogens with one attached hydrogen (secondary N) is 1. The maximum atomic E-state index is 11.9. The van der Waals surface area contributed by atoms with Crippen LogP contribution >= 0.6 is 22.9 Å². The van der Waals surface area contributed by atoms with E-state index < -0.39 is 11.9 Å². The van der Waals surface area contributed by atoms with E-state index in [9.17, 15) is 9.59 Å². The zero-order valence-corrected chi connectivity index (χ0v) is 10.8. The minimum atomic E-state index is -0.501. The molecule has 0 fully saturated rings. The molecule has 2 heterocycles. The Labute approximate surface area is 111 Å². The highest BCUT2D eigenvalue weighted by molar-refractivity contribution is 7.12. The quantitative estimate of drug-likeness (QED) is 0.880. The van der Waals surface area contributed by atoms with E-state index in [1.54, 1.807) is 11.4 Å². The van der Waals surface area contributed by atoms with Crippen molar-refractivity contribution in [3.05, 3.63) is 39.4 Å². The van der Waals surface area contributed by atoms with Gasteiger partial charge in [0, 0.05) is 0 Å². The van der Waals surface area contributed by atoms with E-state index >= 15 is 0 Å². The third-order valence-electron chi connectivity index (χ3n) is 2.15. The SMILES string of the molecule is COC(=O)c1sccc1NC(=O)c1ccoc1Cl. The number of amides is 1. The van der Waals surface area contributed by atoms with Crippen LogP contribution in [0.15, 0.2) is 28.2 Å². The predicted molar refractivity (Wildman–Crippen MR) is 67.3 cm³/mol. The van der Waals surface area contributed by atoms with E-state index in [1.807, 2.05) is 0 Å². The van der Waals surface area contributed by atoms with Crippen molar-refractivity contribution in [2.75, 3.05) is 12.4 Å². The van der Waals surface area contributed by atoms with Gasteiger partial charge >= 0.3 is 5.97 Å². The van der Waals surface area contributed by atoms with Gasteiger partial charge in [0.15, 0.2) is 0 Å². The number of ether oxygens (including phenoxy) is 1. The molecule has 0 atom stereocenters. The van der Waals surface area contributed by atoms with Crippen molar-refractivity contribution in [3.8, 4) is 0 Å². The Morgan fingerprint density at radius 1 is 1.44 bits per heavy atom. The Balaban J connectivity index is 2.20. The van der Waals surface area contributed by atoms with Crippen molar-refractivity contribution in [2.24, 2.45) is 0 Å². The summed E-state index contributed by atoms with van der Waals surface area (Å²) in [6.07, 6.45) is 1.31. The van der Waals surface area contributed by atoms with Gasteiger partial charge in [-0.1, -0.05) is 0 Å². The number of carbonyl (C=O) groups excluding carboxylic acids is 2. The molecule has 0 aliphatic heterocycles. The van der Waals surface area contributed by atoms with Crippen molar-refractivity contribution < 1.29 is 18.7 Å². The maximum Gasteiger partial charge on any atom is 0.350 e. The molecule has 1 N–H and O–H groups in total. The number of furan rings is 1. The first kappa shape index (κ1) is 12.7. The summed E-state index contributed by atoms with van der Waals surface area (Å²) in [5.74, 6) is -0.948. The lowest BCUT2D eigenvalue weighted by molar-refractivity contribution is 0.0607. The summed E-state index contributed by atoms with van der Waals surface area (Å²) < 4.78 is 9.43. The van der Waals surface area contributed by atoms with Crippen molar-refractivity contribution in [2.45, 2.75) is 0 Å². The topological polar surface area (TPSA) is 68.5 Å². The monoisotopic (exact) mass is 285 g/mol. The number of anilines is 1. The molecule has 1 amide bonds. The number of rotatable bonds is 3. The zero-order chi connectivity index (χ0) is 13.1. The summed E-state index contributed by atoms with van der Waals surface area (Å²) in [6.45, 7) is 0. The molecule has 18 heavy (non-hydrogen) atoms. The van der Waals surface area contributed by atoms with Crippen LogP contribution in [0.2, 0.25) is 5.22 Å². The lowest BCUT2D eigenvalue weighted by atomic mass is 10.3. The molecular weight excluding hydrogens is 278 g/mol. The summed E-state index contributed by atoms with van der Waals surface area (Å²) in [4.78, 5) is 23.6. The zero-order valence-electron chi connectivity index (χ0n) is 9.23. The highest BCUT2D eigenvalue weighted by Crippen LogP contribution is 2.25. The molecule has 0 saturated carbocycles. The normalized spacial score (nSPS) is 10.1. The van der Waals surface area contributed by atoms with Crippen LogP contribution in [0, 0.1) is 0 Å². The molecule has 94 valence electrons. The van der Waals surface area contributed by atoms with Crippen LogP contribution < -0.4 is 5.32 Å². The summed E-state index contributed by atoms with van der Waals surface area (Å²) in [6, 6.07) is 3.06. The van der Waals surface area contributed by atoms with Gasteiger partial charge in [0.05, 0.1) is 24.6 Å². The molecule has 0 aliphatic carbocycles. The molecule has 0 aromatic carbocycles. The van der Waals surface area contributed by atoms with Crippen LogP contribution in [0.1, 0.15) is 20.0 Å². The number of methoxy groups -OCH3 is 1. The minimum Gasteiger partial charge on any atom is -0.465 e. The van der Waals surface area contributed by atoms with Crippen molar-refractivity contribution in [1.29, 1.82) is 0 Å². The first-order valence-electron chi connectivity index (χ1n) is 4.83. The Hall–Kier alpha value is -1.79. The smallest absolute Gasteiger partial charge is 0.350 e. The van der Waals surface area contributed by atoms with Crippen molar-refractivity contribution in [3.63, 3.8) is 0 Å². The van der Waals surface area contributed by atoms with Gasteiger partial charge in [-0.2, -0.15) is 0 Å². The van der Waals surface area contributed by atoms with Gasteiger partial charge in [-0.15, -0.1) is 11.3 Å². The van der Waals surface area contributed by atoms with Crippen LogP contribution in [0.4, 0.5) is 5.69 Å². The number of carbonyl (C=O) groups is 2. The van der Waals surface area contributed by atoms with Gasteiger partial charge in [-0.3, -0.25) is 4.79 Å². The minimum absolute atomic E-state index is 0.00217. The van der Waals surface area contributed by atoms with Gasteiger partial charge in [0.2, 0.25) is 5.22 Å². The van der Waals surface area contributed by atoms with Gasteiger partial charge in [0.1, 0.15) is 4.88 Å². The second-order valence-electron chi connectivity index (χ2n) is 3.22. The van der Waals surface area contributed by atoms with Crippen LogP contribution in [-0.2, 0) is 4.74 Å². The van der Waals surface area contributed by atoms with Crippen molar-refractivity contribution >= 4 is 40.5 Å². The molecule has 2 aromatic heterocycles. The van der Waals surface area contributed by atoms with Crippen molar-refractivity contribution in [1.82, 2.24) is 0 Å². The Bertz CT molecular complexity index is 589. The summed E-state index contributed by atoms with van der Waals surface area (Å²) in [5.41, 5.74) is 0.591. The number of hydrogen-bond acceptors (Lipinski definition) is 5. The fourth-order valence-electron chi connectivity index (χ4n) is 1.30.